The van der Waals surface area contributed by atoms with Crippen molar-refractivity contribution in [2.45, 2.75) is 31.6 Å². The zero-order chi connectivity index (χ0) is 19.2. The lowest BCUT2D eigenvalue weighted by atomic mass is 10.1. The second kappa shape index (κ2) is 9.05. The highest BCUT2D eigenvalue weighted by Gasteiger charge is 2.19. The van der Waals surface area contributed by atoms with Crippen LogP contribution in [0, 0.1) is 6.92 Å². The van der Waals surface area contributed by atoms with Gasteiger partial charge in [0.1, 0.15) is 10.6 Å². The van der Waals surface area contributed by atoms with Crippen LogP contribution in [0.3, 0.4) is 0 Å². The number of nitrogens with one attached hydrogen (secondary N) is 1. The molecule has 0 aliphatic heterocycles. The number of ether oxygens (including phenoxy) is 1. The smallest absolute Gasteiger partial charge is 0.244 e. The van der Waals surface area contributed by atoms with Crippen LogP contribution in [0.5, 0.6) is 5.75 Å². The molecule has 0 amide bonds. The van der Waals surface area contributed by atoms with Crippen molar-refractivity contribution in [3.8, 4) is 5.75 Å². The summed E-state index contributed by atoms with van der Waals surface area (Å²) >= 11 is 0. The van der Waals surface area contributed by atoms with Crippen LogP contribution < -0.4 is 14.4 Å². The Morgan fingerprint density at radius 3 is 2.38 bits per heavy atom. The van der Waals surface area contributed by atoms with Crippen molar-refractivity contribution in [1.82, 2.24) is 4.72 Å². The normalized spacial score (nSPS) is 11.4. The fraction of sp³-hybridized carbons (Fsp3) is 0.400. The summed E-state index contributed by atoms with van der Waals surface area (Å²) < 4.78 is 33.4. The monoisotopic (exact) mass is 376 g/mol. The van der Waals surface area contributed by atoms with Crippen molar-refractivity contribution in [2.75, 3.05) is 32.1 Å². The number of benzene rings is 2. The average molecular weight is 377 g/mol. The van der Waals surface area contributed by atoms with Crippen LogP contribution in [-0.4, -0.2) is 35.7 Å². The van der Waals surface area contributed by atoms with Gasteiger partial charge in [-0.15, -0.1) is 0 Å². The van der Waals surface area contributed by atoms with Crippen LogP contribution >= 0.6 is 0 Å². The van der Waals surface area contributed by atoms with Crippen molar-refractivity contribution in [3.63, 3.8) is 0 Å². The lowest BCUT2D eigenvalue weighted by Crippen LogP contribution is -2.25. The fourth-order valence-electron chi connectivity index (χ4n) is 2.64. The summed E-state index contributed by atoms with van der Waals surface area (Å²) in [5.41, 5.74) is 3.23. The van der Waals surface area contributed by atoms with E-state index >= 15 is 0 Å². The molecule has 0 spiro atoms. The molecule has 0 unspecified atom stereocenters. The second-order valence-corrected chi connectivity index (χ2v) is 8.18. The molecule has 2 aromatic rings. The number of rotatable bonds is 9. The summed E-state index contributed by atoms with van der Waals surface area (Å²) in [6.45, 7) is 4.52. The Balaban J connectivity index is 1.95. The number of nitrogens with zero attached hydrogens (tertiary/aromatic N) is 1. The summed E-state index contributed by atoms with van der Waals surface area (Å²) in [5, 5.41) is 0. The lowest BCUT2D eigenvalue weighted by Gasteiger charge is -2.13. The van der Waals surface area contributed by atoms with Gasteiger partial charge < -0.3 is 9.64 Å². The number of hydrogen-bond acceptors (Lipinski definition) is 4. The maximum Gasteiger partial charge on any atom is 0.244 e. The van der Waals surface area contributed by atoms with Gasteiger partial charge in [0, 0.05) is 26.3 Å². The maximum absolute atomic E-state index is 12.6. The first-order valence-corrected chi connectivity index (χ1v) is 10.3. The zero-order valence-corrected chi connectivity index (χ0v) is 16.8. The van der Waals surface area contributed by atoms with E-state index in [-0.39, 0.29) is 4.90 Å². The van der Waals surface area contributed by atoms with Crippen molar-refractivity contribution in [1.29, 1.82) is 0 Å². The highest BCUT2D eigenvalue weighted by Crippen LogP contribution is 2.25. The van der Waals surface area contributed by atoms with Gasteiger partial charge >= 0.3 is 0 Å². The summed E-state index contributed by atoms with van der Waals surface area (Å²) in [5.74, 6) is 0.393. The first kappa shape index (κ1) is 20.3. The molecule has 0 heterocycles. The van der Waals surface area contributed by atoms with E-state index in [1.807, 2.05) is 34.0 Å². The van der Waals surface area contributed by atoms with E-state index in [0.29, 0.717) is 18.9 Å². The number of anilines is 1. The van der Waals surface area contributed by atoms with Gasteiger partial charge in [-0.25, -0.2) is 13.1 Å². The molecule has 0 aliphatic rings. The van der Waals surface area contributed by atoms with Crippen LogP contribution in [0.1, 0.15) is 24.5 Å². The maximum atomic E-state index is 12.6. The molecule has 0 aliphatic carbocycles. The molecule has 2 aromatic carbocycles. The average Bonchev–Trinajstić information content (AvgIpc) is 2.61. The largest absolute Gasteiger partial charge is 0.492 e. The summed E-state index contributed by atoms with van der Waals surface area (Å²) in [6.07, 6.45) is 1.55. The topological polar surface area (TPSA) is 58.6 Å². The minimum Gasteiger partial charge on any atom is -0.492 e. The van der Waals surface area contributed by atoms with E-state index in [1.165, 1.54) is 5.56 Å². The SMILES string of the molecule is CCOc1ccc(C)cc1S(=O)(=O)NCCCc1ccc(N(C)C)cc1. The number of hydrogen-bond donors (Lipinski definition) is 1. The standard InChI is InChI=1S/C20H28N2O3S/c1-5-25-19-13-8-16(2)15-20(19)26(23,24)21-14-6-7-17-9-11-18(12-10-17)22(3)4/h8-13,15,21H,5-7,14H2,1-4H3. The van der Waals surface area contributed by atoms with E-state index in [2.05, 4.69) is 33.9 Å². The Labute approximate surface area is 157 Å². The third-order valence-corrected chi connectivity index (χ3v) is 5.56. The van der Waals surface area contributed by atoms with E-state index in [0.717, 1.165) is 24.1 Å². The van der Waals surface area contributed by atoms with Crippen LogP contribution in [0.25, 0.3) is 0 Å². The summed E-state index contributed by atoms with van der Waals surface area (Å²) in [6, 6.07) is 13.5. The van der Waals surface area contributed by atoms with Gasteiger partial charge in [0.15, 0.2) is 0 Å². The summed E-state index contributed by atoms with van der Waals surface area (Å²) in [4.78, 5) is 2.25. The van der Waals surface area contributed by atoms with Crippen LogP contribution in [0.2, 0.25) is 0 Å². The van der Waals surface area contributed by atoms with Gasteiger partial charge in [-0.1, -0.05) is 18.2 Å². The molecular weight excluding hydrogens is 348 g/mol. The van der Waals surface area contributed by atoms with Gasteiger partial charge in [0.25, 0.3) is 0 Å². The van der Waals surface area contributed by atoms with Gasteiger partial charge in [-0.05, 0) is 62.1 Å². The Bertz CT molecular complexity index is 815. The minimum atomic E-state index is -3.59. The van der Waals surface area contributed by atoms with Crippen molar-refractivity contribution in [3.05, 3.63) is 53.6 Å². The van der Waals surface area contributed by atoms with E-state index < -0.39 is 10.0 Å². The van der Waals surface area contributed by atoms with E-state index in [1.54, 1.807) is 12.1 Å². The molecule has 6 heteroatoms. The Morgan fingerprint density at radius 1 is 1.08 bits per heavy atom. The lowest BCUT2D eigenvalue weighted by molar-refractivity contribution is 0.331. The molecule has 0 fully saturated rings. The molecule has 26 heavy (non-hydrogen) atoms. The molecule has 0 aromatic heterocycles. The molecule has 5 nitrogen and oxygen atoms in total. The van der Waals surface area contributed by atoms with E-state index in [9.17, 15) is 8.42 Å². The molecule has 0 atom stereocenters. The van der Waals surface area contributed by atoms with Gasteiger partial charge in [0.2, 0.25) is 10.0 Å². The Hall–Kier alpha value is -2.05. The second-order valence-electron chi connectivity index (χ2n) is 6.45. The Kier molecular flexibility index (Phi) is 7.06. The third kappa shape index (κ3) is 5.47. The van der Waals surface area contributed by atoms with Crippen molar-refractivity contribution < 1.29 is 13.2 Å². The molecule has 0 bridgehead atoms. The van der Waals surface area contributed by atoms with Crippen molar-refractivity contribution >= 4 is 15.7 Å². The number of aryl methyl sites for hydroxylation is 2. The first-order chi connectivity index (χ1) is 12.3. The van der Waals surface area contributed by atoms with Crippen molar-refractivity contribution in [2.24, 2.45) is 0 Å². The van der Waals surface area contributed by atoms with Gasteiger partial charge in [0.05, 0.1) is 6.61 Å². The Morgan fingerprint density at radius 2 is 1.77 bits per heavy atom. The predicted octanol–water partition coefficient (Wildman–Crippen LogP) is 3.37. The first-order valence-electron chi connectivity index (χ1n) is 8.83. The summed E-state index contributed by atoms with van der Waals surface area (Å²) in [7, 11) is 0.421. The zero-order valence-electron chi connectivity index (χ0n) is 16.0. The molecule has 2 rings (SSSR count). The van der Waals surface area contributed by atoms with Crippen LogP contribution in [-0.2, 0) is 16.4 Å². The van der Waals surface area contributed by atoms with Gasteiger partial charge in [-0.2, -0.15) is 0 Å². The number of sulfonamides is 1. The molecular formula is C20H28N2O3S. The highest BCUT2D eigenvalue weighted by molar-refractivity contribution is 7.89. The third-order valence-electron chi connectivity index (χ3n) is 4.08. The molecule has 0 radical (unpaired) electrons. The van der Waals surface area contributed by atoms with Crippen LogP contribution in [0.15, 0.2) is 47.4 Å². The molecule has 0 saturated carbocycles. The molecule has 0 saturated heterocycles. The molecule has 1 N–H and O–H groups in total. The van der Waals surface area contributed by atoms with E-state index in [4.69, 9.17) is 4.74 Å². The predicted molar refractivity (Wildman–Crippen MR) is 107 cm³/mol. The fourth-order valence-corrected chi connectivity index (χ4v) is 3.94. The van der Waals surface area contributed by atoms with Gasteiger partial charge in [-0.3, -0.25) is 0 Å². The quantitative estimate of drug-likeness (QED) is 0.682. The minimum absolute atomic E-state index is 0.203. The van der Waals surface area contributed by atoms with Crippen LogP contribution in [0.4, 0.5) is 5.69 Å². The molecule has 142 valence electrons. The highest BCUT2D eigenvalue weighted by atomic mass is 32.2.